The first-order valence-corrected chi connectivity index (χ1v) is 6.93. The lowest BCUT2D eigenvalue weighted by Gasteiger charge is -2.08. The summed E-state index contributed by atoms with van der Waals surface area (Å²) in [4.78, 5) is 10.8. The molecular weight excluding hydrogens is 252 g/mol. The first-order chi connectivity index (χ1) is 8.63. The van der Waals surface area contributed by atoms with Crippen molar-refractivity contribution in [2.45, 2.75) is 6.92 Å². The predicted molar refractivity (Wildman–Crippen MR) is 72.5 cm³/mol. The average Bonchev–Trinajstić information content (AvgIpc) is 2.38. The van der Waals surface area contributed by atoms with E-state index in [4.69, 9.17) is 14.9 Å². The van der Waals surface area contributed by atoms with Gasteiger partial charge in [-0.25, -0.2) is 4.79 Å². The zero-order valence-electron chi connectivity index (χ0n) is 10.3. The minimum atomic E-state index is -0.952. The highest BCUT2D eigenvalue weighted by molar-refractivity contribution is 7.99. The summed E-state index contributed by atoms with van der Waals surface area (Å²) in [7, 11) is 0. The number of hydrogen-bond donors (Lipinski definition) is 2. The fourth-order valence-electron chi connectivity index (χ4n) is 1.27. The fourth-order valence-corrected chi connectivity index (χ4v) is 2.15. The molecule has 0 aromatic heterocycles. The molecule has 0 saturated heterocycles. The number of aromatic carboxylic acids is 1. The normalized spacial score (nSPS) is 12.1. The van der Waals surface area contributed by atoms with Crippen LogP contribution in [0.15, 0.2) is 24.3 Å². The van der Waals surface area contributed by atoms with Gasteiger partial charge in [0.1, 0.15) is 5.75 Å². The number of carboxylic acid groups (broad SMARTS) is 1. The molecule has 5 heteroatoms. The molecule has 4 nitrogen and oxygen atoms in total. The summed E-state index contributed by atoms with van der Waals surface area (Å²) >= 11 is 1.71. The Morgan fingerprint density at radius 2 is 2.28 bits per heavy atom. The first-order valence-electron chi connectivity index (χ1n) is 5.78. The molecule has 1 atom stereocenters. The Labute approximate surface area is 111 Å². The fraction of sp³-hybridized carbons (Fsp3) is 0.462. The molecular formula is C13H18O4S. The molecule has 1 unspecified atom stereocenters. The molecule has 2 N–H and O–H groups in total. The molecule has 1 aromatic carbocycles. The Kier molecular flexibility index (Phi) is 6.60. The molecule has 0 radical (unpaired) electrons. The highest BCUT2D eigenvalue weighted by Gasteiger charge is 2.04. The van der Waals surface area contributed by atoms with Crippen LogP contribution in [0.4, 0.5) is 0 Å². The van der Waals surface area contributed by atoms with Crippen LogP contribution in [0.5, 0.6) is 5.75 Å². The third kappa shape index (κ3) is 5.42. The third-order valence-corrected chi connectivity index (χ3v) is 3.55. The van der Waals surface area contributed by atoms with Gasteiger partial charge in [-0.05, 0) is 29.9 Å². The van der Waals surface area contributed by atoms with Gasteiger partial charge in [-0.1, -0.05) is 13.0 Å². The number of hydrogen-bond acceptors (Lipinski definition) is 4. The smallest absolute Gasteiger partial charge is 0.335 e. The molecule has 0 bridgehead atoms. The van der Waals surface area contributed by atoms with Crippen LogP contribution in [0.2, 0.25) is 0 Å². The molecule has 0 aliphatic carbocycles. The second-order valence-electron chi connectivity index (χ2n) is 4.04. The van der Waals surface area contributed by atoms with Crippen LogP contribution < -0.4 is 4.74 Å². The average molecular weight is 270 g/mol. The van der Waals surface area contributed by atoms with E-state index in [0.29, 0.717) is 18.3 Å². The Hall–Kier alpha value is -1.20. The van der Waals surface area contributed by atoms with Crippen LogP contribution >= 0.6 is 11.8 Å². The number of benzene rings is 1. The molecule has 0 spiro atoms. The minimum absolute atomic E-state index is 0.203. The second kappa shape index (κ2) is 8.00. The van der Waals surface area contributed by atoms with Crippen molar-refractivity contribution < 1.29 is 19.7 Å². The molecule has 100 valence electrons. The number of thioether (sulfide) groups is 1. The zero-order chi connectivity index (χ0) is 13.4. The number of aliphatic hydroxyl groups excluding tert-OH is 1. The Bertz CT molecular complexity index is 381. The monoisotopic (exact) mass is 270 g/mol. The van der Waals surface area contributed by atoms with Crippen molar-refractivity contribution in [3.05, 3.63) is 29.8 Å². The topological polar surface area (TPSA) is 66.8 Å². The summed E-state index contributed by atoms with van der Waals surface area (Å²) < 4.78 is 5.47. The van der Waals surface area contributed by atoms with Gasteiger partial charge in [-0.3, -0.25) is 0 Å². The van der Waals surface area contributed by atoms with Crippen molar-refractivity contribution in [3.63, 3.8) is 0 Å². The van der Waals surface area contributed by atoms with E-state index < -0.39 is 5.97 Å². The quantitative estimate of drug-likeness (QED) is 0.708. The van der Waals surface area contributed by atoms with E-state index in [0.717, 1.165) is 11.5 Å². The summed E-state index contributed by atoms with van der Waals surface area (Å²) in [5.41, 5.74) is 0.231. The molecule has 0 fully saturated rings. The van der Waals surface area contributed by atoms with E-state index in [-0.39, 0.29) is 12.2 Å². The minimum Gasteiger partial charge on any atom is -0.493 e. The SMILES string of the molecule is CC(CO)CSCCOc1cccc(C(=O)O)c1. The van der Waals surface area contributed by atoms with Gasteiger partial charge in [0, 0.05) is 12.4 Å². The lowest BCUT2D eigenvalue weighted by Crippen LogP contribution is -2.07. The lowest BCUT2D eigenvalue weighted by molar-refractivity contribution is 0.0696. The maximum absolute atomic E-state index is 10.8. The third-order valence-electron chi connectivity index (χ3n) is 2.29. The largest absolute Gasteiger partial charge is 0.493 e. The Morgan fingerprint density at radius 1 is 1.50 bits per heavy atom. The molecule has 0 aliphatic heterocycles. The number of rotatable bonds is 8. The van der Waals surface area contributed by atoms with Gasteiger partial charge in [0.2, 0.25) is 0 Å². The van der Waals surface area contributed by atoms with E-state index in [1.54, 1.807) is 23.9 Å². The predicted octanol–water partition coefficient (Wildman–Crippen LogP) is 2.13. The van der Waals surface area contributed by atoms with Crippen molar-refractivity contribution in [2.24, 2.45) is 5.92 Å². The van der Waals surface area contributed by atoms with Crippen LogP contribution in [-0.4, -0.2) is 40.9 Å². The van der Waals surface area contributed by atoms with Gasteiger partial charge in [0.15, 0.2) is 0 Å². The molecule has 18 heavy (non-hydrogen) atoms. The van der Waals surface area contributed by atoms with Gasteiger partial charge < -0.3 is 14.9 Å². The summed E-state index contributed by atoms with van der Waals surface area (Å²) in [5.74, 6) is 1.64. The molecule has 1 rings (SSSR count). The van der Waals surface area contributed by atoms with E-state index in [1.807, 2.05) is 6.92 Å². The standard InChI is InChI=1S/C13H18O4S/c1-10(8-14)9-18-6-5-17-12-4-2-3-11(7-12)13(15)16/h2-4,7,10,14H,5-6,8-9H2,1H3,(H,15,16). The van der Waals surface area contributed by atoms with E-state index in [9.17, 15) is 4.79 Å². The number of carboxylic acids is 1. The number of aliphatic hydroxyl groups is 1. The highest BCUT2D eigenvalue weighted by atomic mass is 32.2. The van der Waals surface area contributed by atoms with Crippen molar-refractivity contribution in [3.8, 4) is 5.75 Å². The lowest BCUT2D eigenvalue weighted by atomic mass is 10.2. The molecule has 1 aromatic rings. The van der Waals surface area contributed by atoms with E-state index in [2.05, 4.69) is 0 Å². The van der Waals surface area contributed by atoms with Crippen LogP contribution in [0.3, 0.4) is 0 Å². The number of carbonyl (C=O) groups is 1. The molecule has 0 saturated carbocycles. The maximum Gasteiger partial charge on any atom is 0.335 e. The highest BCUT2D eigenvalue weighted by Crippen LogP contribution is 2.14. The Balaban J connectivity index is 2.27. The molecule has 0 amide bonds. The maximum atomic E-state index is 10.8. The summed E-state index contributed by atoms with van der Waals surface area (Å²) in [6, 6.07) is 6.46. The van der Waals surface area contributed by atoms with Crippen molar-refractivity contribution in [1.29, 1.82) is 0 Å². The van der Waals surface area contributed by atoms with Crippen molar-refractivity contribution in [1.82, 2.24) is 0 Å². The van der Waals surface area contributed by atoms with Gasteiger partial charge in [-0.2, -0.15) is 11.8 Å². The summed E-state index contributed by atoms with van der Waals surface area (Å²) in [6.45, 7) is 2.73. The van der Waals surface area contributed by atoms with Gasteiger partial charge in [0.25, 0.3) is 0 Å². The number of ether oxygens (including phenoxy) is 1. The van der Waals surface area contributed by atoms with Gasteiger partial charge >= 0.3 is 5.97 Å². The van der Waals surface area contributed by atoms with Crippen molar-refractivity contribution >= 4 is 17.7 Å². The Morgan fingerprint density at radius 3 is 2.94 bits per heavy atom. The van der Waals surface area contributed by atoms with Crippen LogP contribution in [0, 0.1) is 5.92 Å². The zero-order valence-corrected chi connectivity index (χ0v) is 11.2. The van der Waals surface area contributed by atoms with E-state index in [1.165, 1.54) is 12.1 Å². The van der Waals surface area contributed by atoms with Crippen LogP contribution in [0.1, 0.15) is 17.3 Å². The molecule has 0 aliphatic rings. The van der Waals surface area contributed by atoms with Gasteiger partial charge in [0.05, 0.1) is 12.2 Å². The van der Waals surface area contributed by atoms with Gasteiger partial charge in [-0.15, -0.1) is 0 Å². The van der Waals surface area contributed by atoms with Crippen LogP contribution in [0.25, 0.3) is 0 Å². The summed E-state index contributed by atoms with van der Waals surface area (Å²) in [5, 5.41) is 17.7. The van der Waals surface area contributed by atoms with Crippen LogP contribution in [-0.2, 0) is 0 Å². The first kappa shape index (κ1) is 14.9. The summed E-state index contributed by atoms with van der Waals surface area (Å²) in [6.07, 6.45) is 0. The second-order valence-corrected chi connectivity index (χ2v) is 5.19. The van der Waals surface area contributed by atoms with E-state index >= 15 is 0 Å². The van der Waals surface area contributed by atoms with Crippen molar-refractivity contribution in [2.75, 3.05) is 24.7 Å². The molecule has 0 heterocycles.